The molecule has 62 heavy (non-hydrogen) atoms. The first-order chi connectivity index (χ1) is 29.3. The van der Waals surface area contributed by atoms with E-state index in [1.165, 1.54) is 0 Å². The molecule has 328 valence electrons. The van der Waals surface area contributed by atoms with Crippen molar-refractivity contribution in [1.82, 2.24) is 9.80 Å². The Labute approximate surface area is 368 Å². The molecule has 0 spiro atoms. The van der Waals surface area contributed by atoms with Crippen molar-refractivity contribution in [3.63, 3.8) is 0 Å². The quantitative estimate of drug-likeness (QED) is 0.158. The summed E-state index contributed by atoms with van der Waals surface area (Å²) in [4.78, 5) is 89.4. The molecule has 0 radical (unpaired) electrons. The molecular weight excluding hydrogens is 858 g/mol. The van der Waals surface area contributed by atoms with E-state index in [0.29, 0.717) is 43.2 Å². The van der Waals surface area contributed by atoms with Gasteiger partial charge in [-0.2, -0.15) is 0 Å². The fourth-order valence-electron chi connectivity index (χ4n) is 12.9. The minimum absolute atomic E-state index is 0.169. The summed E-state index contributed by atoms with van der Waals surface area (Å²) in [7, 11) is 0. The second-order valence-corrected chi connectivity index (χ2v) is 19.4. The Morgan fingerprint density at radius 1 is 0.645 bits per heavy atom. The average Bonchev–Trinajstić information content (AvgIpc) is 3.95. The normalized spacial score (nSPS) is 31.0. The Kier molecular flexibility index (Phi) is 10.6. The lowest BCUT2D eigenvalue weighted by atomic mass is 9.58. The average molecular weight is 913 g/mol. The smallest absolute Gasteiger partial charge is 0.375 e. The molecule has 4 amide bonds. The van der Waals surface area contributed by atoms with Gasteiger partial charge in [-0.3, -0.25) is 19.4 Å². The van der Waals surface area contributed by atoms with E-state index >= 15 is 0 Å². The lowest BCUT2D eigenvalue weighted by Gasteiger charge is -2.58. The molecule has 3 aromatic rings. The second kappa shape index (κ2) is 15.2. The van der Waals surface area contributed by atoms with Crippen molar-refractivity contribution in [2.24, 2.45) is 28.9 Å². The lowest BCUT2D eigenvalue weighted by molar-refractivity contribution is -0.167. The molecule has 4 bridgehead atoms. The van der Waals surface area contributed by atoms with Gasteiger partial charge in [-0.05, 0) is 104 Å². The van der Waals surface area contributed by atoms with Gasteiger partial charge >= 0.3 is 24.1 Å². The van der Waals surface area contributed by atoms with Gasteiger partial charge in [0.15, 0.2) is 0 Å². The minimum atomic E-state index is -2.19. The third-order valence-electron chi connectivity index (χ3n) is 15.7. The fraction of sp³-hybridized carbons (Fsp3) is 0.478. The van der Waals surface area contributed by atoms with Crippen LogP contribution in [0.1, 0.15) is 82.1 Å². The molecule has 3 saturated heterocycles. The predicted molar refractivity (Wildman–Crippen MR) is 232 cm³/mol. The van der Waals surface area contributed by atoms with Crippen LogP contribution in [0.15, 0.2) is 77.3 Å². The van der Waals surface area contributed by atoms with Crippen molar-refractivity contribution in [2.75, 3.05) is 18.0 Å². The summed E-state index contributed by atoms with van der Waals surface area (Å²) in [6, 6.07) is 21.6. The fourth-order valence-corrected chi connectivity index (χ4v) is 13.2. The molecule has 3 heterocycles. The zero-order valence-electron chi connectivity index (χ0n) is 35.4. The van der Waals surface area contributed by atoms with Gasteiger partial charge < -0.3 is 37.3 Å². The van der Waals surface area contributed by atoms with E-state index in [4.69, 9.17) is 32.4 Å². The van der Waals surface area contributed by atoms with E-state index < -0.39 is 81.5 Å². The van der Waals surface area contributed by atoms with Gasteiger partial charge in [0.2, 0.25) is 11.1 Å². The molecule has 0 aromatic heterocycles. The minimum Gasteiger partial charge on any atom is -0.375 e. The second-order valence-electron chi connectivity index (χ2n) is 18.5. The van der Waals surface area contributed by atoms with Crippen LogP contribution in [-0.4, -0.2) is 93.6 Å². The van der Waals surface area contributed by atoms with Crippen molar-refractivity contribution in [2.45, 2.75) is 118 Å². The van der Waals surface area contributed by atoms with E-state index in [-0.39, 0.29) is 31.8 Å². The van der Waals surface area contributed by atoms with E-state index in [1.807, 2.05) is 96.4 Å². The topological polar surface area (TPSA) is 235 Å². The van der Waals surface area contributed by atoms with Gasteiger partial charge in [0.1, 0.15) is 0 Å². The highest BCUT2D eigenvalue weighted by molar-refractivity contribution is 9.10. The first kappa shape index (κ1) is 43.3. The Balaban J connectivity index is 1.31. The summed E-state index contributed by atoms with van der Waals surface area (Å²) in [5, 5.41) is 0. The largest absolute Gasteiger partial charge is 0.412 e. The highest BCUT2D eigenvalue weighted by atomic mass is 79.9. The molecule has 10 rings (SSSR count). The number of nitrogens with two attached hydrogens (primary N) is 4. The van der Waals surface area contributed by atoms with Gasteiger partial charge in [-0.15, -0.1) is 0 Å². The summed E-state index contributed by atoms with van der Waals surface area (Å²) in [6.45, 7) is 8.43. The van der Waals surface area contributed by atoms with Gasteiger partial charge in [0.05, 0.1) is 5.54 Å². The van der Waals surface area contributed by atoms with Crippen LogP contribution in [0.2, 0.25) is 0 Å². The van der Waals surface area contributed by atoms with E-state index in [1.54, 1.807) is 0 Å². The third-order valence-corrected chi connectivity index (χ3v) is 16.2. The Hall–Kier alpha value is -5.32. The molecule has 4 aliphatic carbocycles. The maximum atomic E-state index is 14.8. The maximum absolute atomic E-state index is 14.8. The van der Waals surface area contributed by atoms with Gasteiger partial charge in [-0.1, -0.05) is 85.2 Å². The number of esters is 2. The van der Waals surface area contributed by atoms with Crippen LogP contribution in [-0.2, 0) is 52.3 Å². The SMILES string of the molecule is CC1CC(C2CCCN2[C@@](C(N)=O)(C(=O)OC(N)=O)C2(C)Cc3ccc2cc3)N(c2ccc(Br)cc2)C1(C)C1CCCN1[C@@](C(N)=O)(C(=O)OC(N)=O)C1(C)Cc2ccc1cc2. The van der Waals surface area contributed by atoms with Crippen LogP contribution < -0.4 is 27.8 Å². The molecule has 3 aromatic carbocycles. The monoisotopic (exact) mass is 911 g/mol. The van der Waals surface area contributed by atoms with E-state index in [0.717, 1.165) is 21.3 Å². The number of anilines is 1. The zero-order valence-corrected chi connectivity index (χ0v) is 37.0. The highest BCUT2D eigenvalue weighted by Crippen LogP contribution is 2.57. The van der Waals surface area contributed by atoms with Gasteiger partial charge in [0.25, 0.3) is 11.8 Å². The van der Waals surface area contributed by atoms with Crippen molar-refractivity contribution >= 4 is 57.6 Å². The number of nitrogens with zero attached hydrogens (tertiary/aromatic N) is 3. The summed E-state index contributed by atoms with van der Waals surface area (Å²) < 4.78 is 11.3. The molecule has 3 fully saturated rings. The Morgan fingerprint density at radius 3 is 1.53 bits per heavy atom. The Morgan fingerprint density at radius 2 is 1.10 bits per heavy atom. The number of halogens is 1. The van der Waals surface area contributed by atoms with Crippen LogP contribution in [0.25, 0.3) is 0 Å². The molecule has 9 atom stereocenters. The number of fused-ring (bicyclic) bond motifs is 6. The van der Waals surface area contributed by atoms with Gasteiger partial charge in [-0.25, -0.2) is 19.2 Å². The van der Waals surface area contributed by atoms with Crippen molar-refractivity contribution < 1.29 is 38.2 Å². The zero-order chi connectivity index (χ0) is 44.7. The molecule has 7 unspecified atom stereocenters. The van der Waals surface area contributed by atoms with Crippen molar-refractivity contribution in [3.8, 4) is 0 Å². The molecule has 8 N–H and O–H groups in total. The summed E-state index contributed by atoms with van der Waals surface area (Å²) in [5.74, 6) is -4.36. The highest BCUT2D eigenvalue weighted by Gasteiger charge is 2.72. The molecule has 16 heteroatoms. The van der Waals surface area contributed by atoms with E-state index in [2.05, 4.69) is 34.7 Å². The number of benzene rings is 3. The van der Waals surface area contributed by atoms with Gasteiger partial charge in [0, 0.05) is 52.2 Å². The molecule has 0 saturated carbocycles. The number of carbonyl (C=O) groups excluding carboxylic acids is 6. The molecular formula is C46H54BrN7O8. The molecule has 7 aliphatic rings. The van der Waals surface area contributed by atoms with Crippen molar-refractivity contribution in [3.05, 3.63) is 99.5 Å². The number of primary amides is 4. The summed E-state index contributed by atoms with van der Waals surface area (Å²) >= 11 is 3.60. The lowest BCUT2D eigenvalue weighted by Crippen LogP contribution is -2.78. The summed E-state index contributed by atoms with van der Waals surface area (Å²) in [6.07, 6.45) is 0.636. The number of hydrogen-bond donors (Lipinski definition) is 4. The molecule has 15 nitrogen and oxygen atoms in total. The number of ether oxygens (including phenoxy) is 2. The number of rotatable bonds is 11. The first-order valence-corrected chi connectivity index (χ1v) is 22.0. The molecule has 3 aliphatic heterocycles. The number of amides is 4. The maximum Gasteiger partial charge on any atom is 0.412 e. The Bertz CT molecular complexity index is 2350. The summed E-state index contributed by atoms with van der Waals surface area (Å²) in [5.41, 5.74) is 20.2. The number of likely N-dealkylation sites (tertiary alicyclic amines) is 2. The van der Waals surface area contributed by atoms with Crippen molar-refractivity contribution in [1.29, 1.82) is 0 Å². The van der Waals surface area contributed by atoms with Crippen LogP contribution in [0, 0.1) is 5.92 Å². The van der Waals surface area contributed by atoms with Crippen LogP contribution in [0.4, 0.5) is 15.3 Å². The predicted octanol–water partition coefficient (Wildman–Crippen LogP) is 4.07. The third kappa shape index (κ3) is 5.95. The van der Waals surface area contributed by atoms with Crippen LogP contribution >= 0.6 is 15.9 Å². The first-order valence-electron chi connectivity index (χ1n) is 21.2. The van der Waals surface area contributed by atoms with Crippen LogP contribution in [0.3, 0.4) is 0 Å². The number of carbonyl (C=O) groups is 6. The standard InChI is InChI=1S/C46H54BrN7O8/c1-26-23-34(33-7-5-21-52(33)45(36(48)55,38(57)61-40(50)59)42(2)24-27-9-13-29(42)14-10-27)54(32-19-17-31(47)18-20-32)44(26,4)35-8-6-22-53(35)46(37(49)56,39(58)62-41(51)60)43(3)25-28-11-15-30(43)16-12-28/h9-20,26,33-35H,5-8,21-25H2,1-4H3,(H2,48,55)(H2,49,56)(H2,50,59)(H2,51,60)/t26?,33?,34?,35?,42?,43?,44?,45-,46-/m0/s1. The number of hydrogen-bond acceptors (Lipinski definition) is 11. The van der Waals surface area contributed by atoms with Crippen LogP contribution in [0.5, 0.6) is 0 Å². The van der Waals surface area contributed by atoms with E-state index in [9.17, 15) is 28.8 Å².